The van der Waals surface area contributed by atoms with Gasteiger partial charge in [0.1, 0.15) is 0 Å². The van der Waals surface area contributed by atoms with Gasteiger partial charge in [0.2, 0.25) is 0 Å². The third kappa shape index (κ3) is 4.74. The van der Waals surface area contributed by atoms with Crippen molar-refractivity contribution in [3.63, 3.8) is 0 Å². The van der Waals surface area contributed by atoms with Crippen molar-refractivity contribution < 1.29 is 0 Å². The highest BCUT2D eigenvalue weighted by atomic mass is 35.5. The maximum absolute atomic E-state index is 6.20. The molecule has 0 saturated carbocycles. The lowest BCUT2D eigenvalue weighted by atomic mass is 10.1. The molecule has 6 heteroatoms. The van der Waals surface area contributed by atoms with E-state index in [2.05, 4.69) is 40.6 Å². The average Bonchev–Trinajstić information content (AvgIpc) is 2.79. The van der Waals surface area contributed by atoms with Gasteiger partial charge in [0.25, 0.3) is 0 Å². The molecular formula is C18H26ClN5. The lowest BCUT2D eigenvalue weighted by Crippen LogP contribution is -2.38. The molecule has 0 fully saturated rings. The molecule has 130 valence electrons. The molecule has 0 spiro atoms. The SMILES string of the molecule is CCNC(=NCc1c(C)nn(C)c1C)NCCc1ccccc1Cl. The summed E-state index contributed by atoms with van der Waals surface area (Å²) < 4.78 is 1.90. The van der Waals surface area contributed by atoms with Gasteiger partial charge in [-0.3, -0.25) is 4.68 Å². The fourth-order valence-corrected chi connectivity index (χ4v) is 2.79. The Labute approximate surface area is 149 Å². The molecule has 1 aromatic carbocycles. The molecule has 24 heavy (non-hydrogen) atoms. The molecule has 0 aliphatic heterocycles. The second-order valence-corrected chi connectivity index (χ2v) is 6.14. The molecule has 0 radical (unpaired) electrons. The van der Waals surface area contributed by atoms with Gasteiger partial charge in [-0.25, -0.2) is 4.99 Å². The second-order valence-electron chi connectivity index (χ2n) is 5.74. The van der Waals surface area contributed by atoms with Crippen molar-refractivity contribution in [1.29, 1.82) is 0 Å². The second kappa shape index (κ2) is 8.73. The number of halogens is 1. The van der Waals surface area contributed by atoms with Crippen LogP contribution in [0.1, 0.15) is 29.4 Å². The molecule has 0 unspecified atom stereocenters. The number of hydrogen-bond acceptors (Lipinski definition) is 2. The number of guanidine groups is 1. The number of nitrogens with one attached hydrogen (secondary N) is 2. The summed E-state index contributed by atoms with van der Waals surface area (Å²) >= 11 is 6.20. The van der Waals surface area contributed by atoms with E-state index in [1.807, 2.05) is 36.9 Å². The first-order valence-electron chi connectivity index (χ1n) is 8.27. The highest BCUT2D eigenvalue weighted by Crippen LogP contribution is 2.15. The fraction of sp³-hybridized carbons (Fsp3) is 0.444. The summed E-state index contributed by atoms with van der Waals surface area (Å²) in [6, 6.07) is 7.93. The van der Waals surface area contributed by atoms with E-state index in [0.717, 1.165) is 47.4 Å². The Morgan fingerprint density at radius 3 is 2.62 bits per heavy atom. The van der Waals surface area contributed by atoms with Crippen LogP contribution in [0, 0.1) is 13.8 Å². The van der Waals surface area contributed by atoms with Crippen LogP contribution in [0.15, 0.2) is 29.3 Å². The number of aliphatic imine (C=N–C) groups is 1. The highest BCUT2D eigenvalue weighted by molar-refractivity contribution is 6.31. The van der Waals surface area contributed by atoms with Crippen molar-refractivity contribution in [1.82, 2.24) is 20.4 Å². The Kier molecular flexibility index (Phi) is 6.67. The molecule has 2 rings (SSSR count). The van der Waals surface area contributed by atoms with Crippen LogP contribution in [-0.4, -0.2) is 28.8 Å². The van der Waals surface area contributed by atoms with E-state index in [9.17, 15) is 0 Å². The molecule has 5 nitrogen and oxygen atoms in total. The molecule has 0 bridgehead atoms. The molecule has 2 N–H and O–H groups in total. The van der Waals surface area contributed by atoms with Gasteiger partial charge in [-0.2, -0.15) is 5.10 Å². The maximum Gasteiger partial charge on any atom is 0.191 e. The predicted octanol–water partition coefficient (Wildman–Crippen LogP) is 2.99. The highest BCUT2D eigenvalue weighted by Gasteiger charge is 2.09. The van der Waals surface area contributed by atoms with Crippen molar-refractivity contribution in [3.05, 3.63) is 51.8 Å². The van der Waals surface area contributed by atoms with Gasteiger partial charge in [0.05, 0.1) is 12.2 Å². The summed E-state index contributed by atoms with van der Waals surface area (Å²) in [4.78, 5) is 4.68. The lowest BCUT2D eigenvalue weighted by Gasteiger charge is -2.12. The van der Waals surface area contributed by atoms with Crippen LogP contribution in [0.4, 0.5) is 0 Å². The van der Waals surface area contributed by atoms with Crippen molar-refractivity contribution in [2.75, 3.05) is 13.1 Å². The average molecular weight is 348 g/mol. The van der Waals surface area contributed by atoms with Gasteiger partial charge in [-0.05, 0) is 38.8 Å². The third-order valence-electron chi connectivity index (χ3n) is 4.04. The molecule has 0 amide bonds. The van der Waals surface area contributed by atoms with E-state index < -0.39 is 0 Å². The lowest BCUT2D eigenvalue weighted by molar-refractivity contribution is 0.730. The first-order chi connectivity index (χ1) is 11.5. The van der Waals surface area contributed by atoms with Crippen molar-refractivity contribution in [2.45, 2.75) is 33.7 Å². The van der Waals surface area contributed by atoms with E-state index >= 15 is 0 Å². The molecule has 1 heterocycles. The van der Waals surface area contributed by atoms with Crippen molar-refractivity contribution in [2.24, 2.45) is 12.0 Å². The van der Waals surface area contributed by atoms with E-state index in [1.165, 1.54) is 5.56 Å². The number of hydrogen-bond donors (Lipinski definition) is 2. The zero-order chi connectivity index (χ0) is 17.5. The predicted molar refractivity (Wildman–Crippen MR) is 101 cm³/mol. The van der Waals surface area contributed by atoms with Crippen LogP contribution in [0.3, 0.4) is 0 Å². The van der Waals surface area contributed by atoms with E-state index in [0.29, 0.717) is 6.54 Å². The summed E-state index contributed by atoms with van der Waals surface area (Å²) in [5.74, 6) is 0.812. The summed E-state index contributed by atoms with van der Waals surface area (Å²) in [7, 11) is 1.96. The van der Waals surface area contributed by atoms with Crippen LogP contribution < -0.4 is 10.6 Å². The largest absolute Gasteiger partial charge is 0.357 e. The normalized spacial score (nSPS) is 11.6. The number of aromatic nitrogens is 2. The Morgan fingerprint density at radius 1 is 1.25 bits per heavy atom. The summed E-state index contributed by atoms with van der Waals surface area (Å²) in [5, 5.41) is 11.9. The Hall–Kier alpha value is -2.01. The van der Waals surface area contributed by atoms with Gasteiger partial charge in [0, 0.05) is 36.4 Å². The topological polar surface area (TPSA) is 54.2 Å². The number of benzene rings is 1. The van der Waals surface area contributed by atoms with Crippen LogP contribution in [-0.2, 0) is 20.0 Å². The molecule has 0 aliphatic carbocycles. The van der Waals surface area contributed by atoms with Crippen LogP contribution in [0.5, 0.6) is 0 Å². The third-order valence-corrected chi connectivity index (χ3v) is 4.41. The molecule has 0 saturated heterocycles. The van der Waals surface area contributed by atoms with E-state index in [-0.39, 0.29) is 0 Å². The van der Waals surface area contributed by atoms with E-state index in [4.69, 9.17) is 11.6 Å². The number of nitrogens with zero attached hydrogens (tertiary/aromatic N) is 3. The maximum atomic E-state index is 6.20. The summed E-state index contributed by atoms with van der Waals surface area (Å²) in [6.07, 6.45) is 0.856. The minimum absolute atomic E-state index is 0.618. The molecule has 2 aromatic rings. The molecule has 0 atom stereocenters. The van der Waals surface area contributed by atoms with Crippen LogP contribution in [0.25, 0.3) is 0 Å². The summed E-state index contributed by atoms with van der Waals surface area (Å²) in [6.45, 7) is 8.38. The van der Waals surface area contributed by atoms with Gasteiger partial charge in [0.15, 0.2) is 5.96 Å². The standard InChI is InChI=1S/C18H26ClN5/c1-5-20-18(21-11-10-15-8-6-7-9-17(15)19)22-12-16-13(2)23-24(4)14(16)3/h6-9H,5,10-12H2,1-4H3,(H2,20,21,22). The Morgan fingerprint density at radius 2 is 2.00 bits per heavy atom. The fourth-order valence-electron chi connectivity index (χ4n) is 2.56. The van der Waals surface area contributed by atoms with Crippen LogP contribution in [0.2, 0.25) is 5.02 Å². The summed E-state index contributed by atoms with van der Waals surface area (Å²) in [5.41, 5.74) is 4.51. The zero-order valence-corrected chi connectivity index (χ0v) is 15.6. The Bertz CT molecular complexity index is 705. The van der Waals surface area contributed by atoms with Crippen molar-refractivity contribution in [3.8, 4) is 0 Å². The monoisotopic (exact) mass is 347 g/mol. The molecular weight excluding hydrogens is 322 g/mol. The quantitative estimate of drug-likeness (QED) is 0.624. The van der Waals surface area contributed by atoms with Crippen molar-refractivity contribution >= 4 is 17.6 Å². The van der Waals surface area contributed by atoms with Gasteiger partial charge >= 0.3 is 0 Å². The molecule has 1 aromatic heterocycles. The minimum Gasteiger partial charge on any atom is -0.357 e. The van der Waals surface area contributed by atoms with Crippen LogP contribution >= 0.6 is 11.6 Å². The number of aryl methyl sites for hydroxylation is 2. The Balaban J connectivity index is 1.97. The first kappa shape index (κ1) is 18.3. The van der Waals surface area contributed by atoms with Gasteiger partial charge < -0.3 is 10.6 Å². The van der Waals surface area contributed by atoms with Gasteiger partial charge in [-0.15, -0.1) is 0 Å². The first-order valence-corrected chi connectivity index (χ1v) is 8.65. The minimum atomic E-state index is 0.618. The van der Waals surface area contributed by atoms with Gasteiger partial charge in [-0.1, -0.05) is 29.8 Å². The zero-order valence-electron chi connectivity index (χ0n) is 14.9. The van der Waals surface area contributed by atoms with E-state index in [1.54, 1.807) is 0 Å². The number of rotatable bonds is 6. The molecule has 0 aliphatic rings. The smallest absolute Gasteiger partial charge is 0.191 e.